The van der Waals surface area contributed by atoms with Crippen LogP contribution in [-0.2, 0) is 0 Å². The van der Waals surface area contributed by atoms with Gasteiger partial charge in [-0.25, -0.2) is 4.98 Å². The van der Waals surface area contributed by atoms with E-state index in [1.165, 1.54) is 31.6 Å². The van der Waals surface area contributed by atoms with Crippen molar-refractivity contribution in [2.24, 2.45) is 0 Å². The van der Waals surface area contributed by atoms with Crippen molar-refractivity contribution in [2.75, 3.05) is 20.1 Å². The molecule has 0 N–H and O–H groups in total. The van der Waals surface area contributed by atoms with E-state index in [1.807, 2.05) is 19.9 Å². The van der Waals surface area contributed by atoms with Gasteiger partial charge in [0.05, 0.1) is 6.10 Å². The van der Waals surface area contributed by atoms with Crippen LogP contribution < -0.4 is 4.74 Å². The fourth-order valence-corrected chi connectivity index (χ4v) is 2.27. The van der Waals surface area contributed by atoms with Crippen LogP contribution in [-0.4, -0.2) is 36.1 Å². The van der Waals surface area contributed by atoms with E-state index in [9.17, 15) is 0 Å². The van der Waals surface area contributed by atoms with Crippen LogP contribution in [0.4, 0.5) is 0 Å². The molecule has 2 heterocycles. The molecule has 0 unspecified atom stereocenters. The summed E-state index contributed by atoms with van der Waals surface area (Å²) in [5, 5.41) is 0. The normalized spacial score (nSPS) is 18.6. The first-order chi connectivity index (χ1) is 8.15. The van der Waals surface area contributed by atoms with Crippen LogP contribution >= 0.6 is 0 Å². The van der Waals surface area contributed by atoms with Gasteiger partial charge in [-0.3, -0.25) is 0 Å². The molecular weight excluding hydrogens is 212 g/mol. The van der Waals surface area contributed by atoms with Crippen LogP contribution in [0, 0.1) is 0 Å². The number of nitrogens with zero attached hydrogens (tertiary/aromatic N) is 2. The molecule has 1 aromatic heterocycles. The summed E-state index contributed by atoms with van der Waals surface area (Å²) >= 11 is 0. The second kappa shape index (κ2) is 5.50. The third-order valence-electron chi connectivity index (χ3n) is 3.24. The van der Waals surface area contributed by atoms with Gasteiger partial charge in [0.15, 0.2) is 0 Å². The smallest absolute Gasteiger partial charge is 0.213 e. The van der Waals surface area contributed by atoms with E-state index in [0.29, 0.717) is 5.92 Å². The molecule has 3 heteroatoms. The lowest BCUT2D eigenvalue weighted by molar-refractivity contribution is 0.228. The highest BCUT2D eigenvalue weighted by atomic mass is 16.5. The van der Waals surface area contributed by atoms with Crippen LogP contribution in [0.5, 0.6) is 5.88 Å². The largest absolute Gasteiger partial charge is 0.475 e. The Morgan fingerprint density at radius 1 is 1.29 bits per heavy atom. The van der Waals surface area contributed by atoms with E-state index in [-0.39, 0.29) is 6.10 Å². The maximum atomic E-state index is 5.65. The highest BCUT2D eigenvalue weighted by Crippen LogP contribution is 2.27. The van der Waals surface area contributed by atoms with Crippen LogP contribution in [0.3, 0.4) is 0 Å². The van der Waals surface area contributed by atoms with Crippen molar-refractivity contribution in [3.8, 4) is 5.88 Å². The number of ether oxygens (including phenoxy) is 1. The molecule has 1 aromatic rings. The van der Waals surface area contributed by atoms with Gasteiger partial charge in [-0.05, 0) is 52.9 Å². The van der Waals surface area contributed by atoms with Crippen molar-refractivity contribution < 1.29 is 4.74 Å². The lowest BCUT2D eigenvalue weighted by atomic mass is 9.93. The number of pyridine rings is 1. The average molecular weight is 234 g/mol. The minimum absolute atomic E-state index is 0.190. The molecule has 1 fully saturated rings. The molecule has 0 amide bonds. The van der Waals surface area contributed by atoms with Crippen molar-refractivity contribution in [3.05, 3.63) is 23.9 Å². The lowest BCUT2D eigenvalue weighted by Gasteiger charge is -2.28. The van der Waals surface area contributed by atoms with Crippen LogP contribution in [0.2, 0.25) is 0 Å². The summed E-state index contributed by atoms with van der Waals surface area (Å²) in [5.74, 6) is 1.36. The van der Waals surface area contributed by atoms with Crippen molar-refractivity contribution in [3.63, 3.8) is 0 Å². The molecule has 94 valence electrons. The van der Waals surface area contributed by atoms with Gasteiger partial charge in [0, 0.05) is 17.7 Å². The molecule has 0 bridgehead atoms. The third kappa shape index (κ3) is 3.43. The standard InChI is InChI=1S/C14H22N2O/c1-11(2)17-14-6-4-5-13(15-14)12-7-9-16(3)10-8-12/h4-6,11-12H,7-10H2,1-3H3. The van der Waals surface area contributed by atoms with E-state index < -0.39 is 0 Å². The van der Waals surface area contributed by atoms with Crippen molar-refractivity contribution >= 4 is 0 Å². The van der Waals surface area contributed by atoms with Crippen LogP contribution in [0.15, 0.2) is 18.2 Å². The van der Waals surface area contributed by atoms with E-state index >= 15 is 0 Å². The topological polar surface area (TPSA) is 25.4 Å². The number of rotatable bonds is 3. The minimum atomic E-state index is 0.190. The molecule has 0 spiro atoms. The lowest BCUT2D eigenvalue weighted by Crippen LogP contribution is -2.29. The molecule has 17 heavy (non-hydrogen) atoms. The van der Waals surface area contributed by atoms with Gasteiger partial charge in [-0.15, -0.1) is 0 Å². The Bertz CT molecular complexity index is 357. The van der Waals surface area contributed by atoms with Crippen molar-refractivity contribution in [1.82, 2.24) is 9.88 Å². The summed E-state index contributed by atoms with van der Waals surface area (Å²) < 4.78 is 5.65. The molecule has 0 aliphatic carbocycles. The second-order valence-electron chi connectivity index (χ2n) is 5.14. The van der Waals surface area contributed by atoms with Gasteiger partial charge >= 0.3 is 0 Å². The number of hydrogen-bond donors (Lipinski definition) is 0. The first-order valence-electron chi connectivity index (χ1n) is 6.47. The molecule has 1 aliphatic rings. The van der Waals surface area contributed by atoms with Gasteiger partial charge in [0.2, 0.25) is 5.88 Å². The predicted octanol–water partition coefficient (Wildman–Crippen LogP) is 2.68. The Labute approximate surface area is 104 Å². The minimum Gasteiger partial charge on any atom is -0.475 e. The summed E-state index contributed by atoms with van der Waals surface area (Å²) in [5.41, 5.74) is 1.19. The molecule has 0 radical (unpaired) electrons. The van der Waals surface area contributed by atoms with E-state index in [4.69, 9.17) is 4.74 Å². The number of likely N-dealkylation sites (tertiary alicyclic amines) is 1. The summed E-state index contributed by atoms with van der Waals surface area (Å²) in [7, 11) is 2.18. The molecule has 1 aliphatic heterocycles. The summed E-state index contributed by atoms with van der Waals surface area (Å²) in [6.45, 7) is 6.40. The van der Waals surface area contributed by atoms with Crippen LogP contribution in [0.1, 0.15) is 38.3 Å². The van der Waals surface area contributed by atoms with Gasteiger partial charge in [-0.1, -0.05) is 6.07 Å². The average Bonchev–Trinajstić information content (AvgIpc) is 2.29. The van der Waals surface area contributed by atoms with Crippen molar-refractivity contribution in [2.45, 2.75) is 38.7 Å². The zero-order valence-electron chi connectivity index (χ0n) is 11.0. The number of piperidine rings is 1. The maximum absolute atomic E-state index is 5.65. The molecule has 0 atom stereocenters. The van der Waals surface area contributed by atoms with Crippen molar-refractivity contribution in [1.29, 1.82) is 0 Å². The predicted molar refractivity (Wildman–Crippen MR) is 69.5 cm³/mol. The quantitative estimate of drug-likeness (QED) is 0.804. The maximum Gasteiger partial charge on any atom is 0.213 e. The molecule has 0 aromatic carbocycles. The Balaban J connectivity index is 2.05. The molecular formula is C14H22N2O. The first kappa shape index (κ1) is 12.4. The van der Waals surface area contributed by atoms with E-state index in [1.54, 1.807) is 0 Å². The molecule has 1 saturated heterocycles. The first-order valence-corrected chi connectivity index (χ1v) is 6.47. The van der Waals surface area contributed by atoms with Gasteiger partial charge < -0.3 is 9.64 Å². The summed E-state index contributed by atoms with van der Waals surface area (Å²) in [6.07, 6.45) is 2.60. The summed E-state index contributed by atoms with van der Waals surface area (Å²) in [4.78, 5) is 7.00. The highest BCUT2D eigenvalue weighted by molar-refractivity contribution is 5.19. The van der Waals surface area contributed by atoms with E-state index in [2.05, 4.69) is 29.1 Å². The zero-order chi connectivity index (χ0) is 12.3. The number of hydrogen-bond acceptors (Lipinski definition) is 3. The fourth-order valence-electron chi connectivity index (χ4n) is 2.27. The third-order valence-corrected chi connectivity index (χ3v) is 3.24. The Morgan fingerprint density at radius 2 is 2.00 bits per heavy atom. The fraction of sp³-hybridized carbons (Fsp3) is 0.643. The summed E-state index contributed by atoms with van der Waals surface area (Å²) in [6, 6.07) is 6.12. The van der Waals surface area contributed by atoms with Crippen LogP contribution in [0.25, 0.3) is 0 Å². The zero-order valence-corrected chi connectivity index (χ0v) is 11.0. The highest BCUT2D eigenvalue weighted by Gasteiger charge is 2.19. The molecule has 0 saturated carbocycles. The number of aromatic nitrogens is 1. The van der Waals surface area contributed by atoms with Gasteiger partial charge in [-0.2, -0.15) is 0 Å². The Morgan fingerprint density at radius 3 is 2.65 bits per heavy atom. The van der Waals surface area contributed by atoms with Gasteiger partial charge in [0.1, 0.15) is 0 Å². The monoisotopic (exact) mass is 234 g/mol. The van der Waals surface area contributed by atoms with E-state index in [0.717, 1.165) is 5.88 Å². The van der Waals surface area contributed by atoms with Gasteiger partial charge in [0.25, 0.3) is 0 Å². The Kier molecular flexibility index (Phi) is 4.00. The Hall–Kier alpha value is -1.09. The SMILES string of the molecule is CC(C)Oc1cccc(C2CCN(C)CC2)n1. The second-order valence-corrected chi connectivity index (χ2v) is 5.14. The molecule has 2 rings (SSSR count). The molecule has 3 nitrogen and oxygen atoms in total.